The van der Waals surface area contributed by atoms with Gasteiger partial charge in [0.1, 0.15) is 25.6 Å². The molecule has 1 rings (SSSR count). The fourth-order valence-electron chi connectivity index (χ4n) is 1.71. The minimum absolute atomic E-state index is 0.139. The number of hydrogen-bond donors (Lipinski definition) is 1. The van der Waals surface area contributed by atoms with Crippen molar-refractivity contribution in [1.82, 2.24) is 5.32 Å². The number of alkyl carbamates (subject to hydrolysis) is 1. The zero-order valence-corrected chi connectivity index (χ0v) is 14.0. The highest BCUT2D eigenvalue weighted by atomic mass is 16.6. The molecule has 0 aromatic heterocycles. The molecule has 0 heterocycles. The summed E-state index contributed by atoms with van der Waals surface area (Å²) in [5.41, 5.74) is 1.25. The topological polar surface area (TPSA) is 73.9 Å². The highest BCUT2D eigenvalue weighted by Crippen LogP contribution is 2.18. The molecule has 6 heteroatoms. The van der Waals surface area contributed by atoms with Crippen LogP contribution < -0.4 is 10.1 Å². The molecule has 0 unspecified atom stereocenters. The van der Waals surface area contributed by atoms with Gasteiger partial charge in [-0.15, -0.1) is 0 Å². The molecule has 1 N–H and O–H groups in total. The third kappa shape index (κ3) is 8.09. The summed E-state index contributed by atoms with van der Waals surface area (Å²) in [5, 5.41) is 2.49. The van der Waals surface area contributed by atoms with Crippen molar-refractivity contribution in [2.24, 2.45) is 0 Å². The lowest BCUT2D eigenvalue weighted by atomic mass is 10.0. The minimum Gasteiger partial charge on any atom is -0.490 e. The summed E-state index contributed by atoms with van der Waals surface area (Å²) < 4.78 is 15.2. The normalized spacial score (nSPS) is 10.3. The third-order valence-electron chi connectivity index (χ3n) is 3.06. The van der Waals surface area contributed by atoms with Gasteiger partial charge in [-0.1, -0.05) is 32.9 Å². The molecule has 0 aliphatic carbocycles. The van der Waals surface area contributed by atoms with Gasteiger partial charge in [0.25, 0.3) is 0 Å². The molecule has 1 aromatic carbocycles. The van der Waals surface area contributed by atoms with Crippen molar-refractivity contribution in [3.63, 3.8) is 0 Å². The number of esters is 1. The quantitative estimate of drug-likeness (QED) is 0.559. The van der Waals surface area contributed by atoms with Crippen LogP contribution in [0, 0.1) is 0 Å². The van der Waals surface area contributed by atoms with Crippen LogP contribution in [-0.4, -0.2) is 38.4 Å². The van der Waals surface area contributed by atoms with Crippen LogP contribution >= 0.6 is 0 Å². The Bertz CT molecular complexity index is 484. The summed E-state index contributed by atoms with van der Waals surface area (Å²) in [5.74, 6) is 0.926. The van der Waals surface area contributed by atoms with E-state index in [9.17, 15) is 9.59 Å². The fourth-order valence-corrected chi connectivity index (χ4v) is 1.71. The van der Waals surface area contributed by atoms with E-state index < -0.39 is 6.09 Å². The largest absolute Gasteiger partial charge is 0.490 e. The van der Waals surface area contributed by atoms with Crippen molar-refractivity contribution in [3.8, 4) is 5.75 Å². The first-order valence-electron chi connectivity index (χ1n) is 7.82. The average molecular weight is 323 g/mol. The Hall–Kier alpha value is -2.24. The van der Waals surface area contributed by atoms with Crippen LogP contribution in [0.1, 0.15) is 38.7 Å². The van der Waals surface area contributed by atoms with Gasteiger partial charge in [0.05, 0.1) is 6.54 Å². The van der Waals surface area contributed by atoms with Crippen LogP contribution in [0.3, 0.4) is 0 Å². The molecule has 0 radical (unpaired) electrons. The van der Waals surface area contributed by atoms with Crippen molar-refractivity contribution < 1.29 is 23.8 Å². The number of carbonyl (C=O) groups excluding carboxylic acids is 2. The van der Waals surface area contributed by atoms with Crippen molar-refractivity contribution in [2.45, 2.75) is 33.1 Å². The average Bonchev–Trinajstić information content (AvgIpc) is 2.55. The highest BCUT2D eigenvalue weighted by molar-refractivity contribution is 5.69. The Morgan fingerprint density at radius 2 is 1.74 bits per heavy atom. The molecule has 0 saturated carbocycles. The van der Waals surface area contributed by atoms with E-state index in [0.717, 1.165) is 5.75 Å². The van der Waals surface area contributed by atoms with Gasteiger partial charge in [-0.3, -0.25) is 4.79 Å². The molecule has 1 amide bonds. The molecule has 1 aromatic rings. The van der Waals surface area contributed by atoms with Gasteiger partial charge in [-0.05, 0) is 23.6 Å². The summed E-state index contributed by atoms with van der Waals surface area (Å²) in [6, 6.07) is 7.84. The molecule has 0 fully saturated rings. The van der Waals surface area contributed by atoms with Crippen LogP contribution in [0.4, 0.5) is 4.79 Å². The Morgan fingerprint density at radius 3 is 2.35 bits per heavy atom. The zero-order chi connectivity index (χ0) is 17.1. The van der Waals surface area contributed by atoms with Gasteiger partial charge >= 0.3 is 12.1 Å². The first-order chi connectivity index (χ1) is 11.0. The molecule has 6 nitrogen and oxygen atoms in total. The lowest BCUT2D eigenvalue weighted by Crippen LogP contribution is -2.29. The summed E-state index contributed by atoms with van der Waals surface area (Å²) >= 11 is 0. The van der Waals surface area contributed by atoms with Crippen LogP contribution in [0.15, 0.2) is 24.3 Å². The van der Waals surface area contributed by atoms with E-state index in [1.54, 1.807) is 6.92 Å². The number of benzene rings is 1. The van der Waals surface area contributed by atoms with Crippen molar-refractivity contribution >= 4 is 12.1 Å². The lowest BCUT2D eigenvalue weighted by Gasteiger charge is -2.10. The minimum atomic E-state index is -0.559. The maximum Gasteiger partial charge on any atom is 0.407 e. The van der Waals surface area contributed by atoms with Crippen LogP contribution in [-0.2, 0) is 14.3 Å². The van der Waals surface area contributed by atoms with Gasteiger partial charge < -0.3 is 19.5 Å². The summed E-state index contributed by atoms with van der Waals surface area (Å²) in [4.78, 5) is 22.2. The zero-order valence-electron chi connectivity index (χ0n) is 14.0. The number of ether oxygens (including phenoxy) is 3. The molecule has 0 spiro atoms. The number of amides is 1. The Kier molecular flexibility index (Phi) is 8.57. The number of carbonyl (C=O) groups is 2. The Balaban J connectivity index is 2.09. The summed E-state index contributed by atoms with van der Waals surface area (Å²) in [7, 11) is 0. The first kappa shape index (κ1) is 18.8. The highest BCUT2D eigenvalue weighted by Gasteiger charge is 2.03. The van der Waals surface area contributed by atoms with E-state index >= 15 is 0 Å². The van der Waals surface area contributed by atoms with Gasteiger partial charge in [0, 0.05) is 6.42 Å². The smallest absolute Gasteiger partial charge is 0.407 e. The van der Waals surface area contributed by atoms with E-state index in [-0.39, 0.29) is 32.3 Å². The van der Waals surface area contributed by atoms with E-state index in [4.69, 9.17) is 14.2 Å². The standard InChI is InChI=1S/C17H25NO5/c1-4-16(19)22-10-9-18-17(20)23-12-11-21-15-7-5-14(6-8-15)13(2)3/h5-8,13H,4,9-12H2,1-3H3,(H,18,20). The Morgan fingerprint density at radius 1 is 1.04 bits per heavy atom. The second kappa shape index (κ2) is 10.5. The van der Waals surface area contributed by atoms with Gasteiger partial charge in [-0.25, -0.2) is 4.79 Å². The molecular weight excluding hydrogens is 298 g/mol. The van der Waals surface area contributed by atoms with Gasteiger partial charge in [-0.2, -0.15) is 0 Å². The lowest BCUT2D eigenvalue weighted by molar-refractivity contribution is -0.143. The first-order valence-corrected chi connectivity index (χ1v) is 7.82. The molecule has 0 atom stereocenters. The summed E-state index contributed by atoms with van der Waals surface area (Å²) in [6.45, 7) is 6.76. The summed E-state index contributed by atoms with van der Waals surface area (Å²) in [6.07, 6.45) is -0.240. The predicted octanol–water partition coefficient (Wildman–Crippen LogP) is 2.87. The van der Waals surface area contributed by atoms with Crippen molar-refractivity contribution in [2.75, 3.05) is 26.4 Å². The molecule has 23 heavy (non-hydrogen) atoms. The van der Waals surface area contributed by atoms with Gasteiger partial charge in [0.15, 0.2) is 0 Å². The molecular formula is C17H25NO5. The molecule has 0 saturated heterocycles. The number of rotatable bonds is 9. The number of nitrogens with one attached hydrogen (secondary N) is 1. The maximum absolute atomic E-state index is 11.4. The second-order valence-corrected chi connectivity index (χ2v) is 5.21. The van der Waals surface area contributed by atoms with E-state index in [2.05, 4.69) is 19.2 Å². The van der Waals surface area contributed by atoms with Crippen LogP contribution in [0.5, 0.6) is 5.75 Å². The van der Waals surface area contributed by atoms with Gasteiger partial charge in [0.2, 0.25) is 0 Å². The SMILES string of the molecule is CCC(=O)OCCNC(=O)OCCOc1ccc(C(C)C)cc1. The molecule has 0 aliphatic heterocycles. The van der Waals surface area contributed by atoms with Crippen LogP contribution in [0.2, 0.25) is 0 Å². The monoisotopic (exact) mass is 323 g/mol. The maximum atomic E-state index is 11.4. The van der Waals surface area contributed by atoms with Crippen molar-refractivity contribution in [3.05, 3.63) is 29.8 Å². The second-order valence-electron chi connectivity index (χ2n) is 5.21. The Labute approximate surface area is 137 Å². The van der Waals surface area contributed by atoms with E-state index in [1.165, 1.54) is 5.56 Å². The third-order valence-corrected chi connectivity index (χ3v) is 3.06. The molecule has 128 valence electrons. The molecule has 0 aliphatic rings. The molecule has 0 bridgehead atoms. The van der Waals surface area contributed by atoms with E-state index in [1.807, 2.05) is 24.3 Å². The van der Waals surface area contributed by atoms with E-state index in [0.29, 0.717) is 12.3 Å². The number of hydrogen-bond acceptors (Lipinski definition) is 5. The van der Waals surface area contributed by atoms with Crippen molar-refractivity contribution in [1.29, 1.82) is 0 Å². The predicted molar refractivity (Wildman–Crippen MR) is 86.6 cm³/mol. The fraction of sp³-hybridized carbons (Fsp3) is 0.529. The van der Waals surface area contributed by atoms with Crippen LogP contribution in [0.25, 0.3) is 0 Å².